The van der Waals surface area contributed by atoms with Crippen molar-refractivity contribution in [3.05, 3.63) is 0 Å². The van der Waals surface area contributed by atoms with Gasteiger partial charge in [-0.15, -0.1) is 10.3 Å². The van der Waals surface area contributed by atoms with Gasteiger partial charge in [0.2, 0.25) is 5.96 Å². The predicted molar refractivity (Wildman–Crippen MR) is 33.9 cm³/mol. The van der Waals surface area contributed by atoms with E-state index in [1.54, 1.807) is 6.92 Å². The Hall–Kier alpha value is -1.30. The van der Waals surface area contributed by atoms with Crippen LogP contribution >= 0.6 is 0 Å². The summed E-state index contributed by atoms with van der Waals surface area (Å²) in [6.07, 6.45) is 0. The molecule has 0 bridgehead atoms. The maximum Gasteiger partial charge on any atom is 0.242 e. The highest BCUT2D eigenvalue weighted by Crippen LogP contribution is 1.84. The van der Waals surface area contributed by atoms with Gasteiger partial charge in [-0.25, -0.2) is 5.84 Å². The number of aliphatic imine (C=N–C) groups is 1. The number of hydrazine groups is 2. The van der Waals surface area contributed by atoms with Crippen molar-refractivity contribution >= 4 is 11.8 Å². The van der Waals surface area contributed by atoms with Gasteiger partial charge in [0.15, 0.2) is 0 Å². The Morgan fingerprint density at radius 1 is 1.67 bits per heavy atom. The highest BCUT2D eigenvalue weighted by molar-refractivity contribution is 5.94. The molecule has 50 valence electrons. The fourth-order valence-corrected chi connectivity index (χ4v) is 0.520. The maximum absolute atomic E-state index is 5.22. The number of nitrogens with two attached hydrogens (primary N) is 2. The summed E-state index contributed by atoms with van der Waals surface area (Å²) in [7, 11) is 0. The van der Waals surface area contributed by atoms with E-state index in [0.29, 0.717) is 5.84 Å². The molecule has 0 spiro atoms. The van der Waals surface area contributed by atoms with Crippen molar-refractivity contribution in [2.24, 2.45) is 21.7 Å². The van der Waals surface area contributed by atoms with Gasteiger partial charge in [-0.1, -0.05) is 0 Å². The average Bonchev–Trinajstić information content (AvgIpc) is 1.59. The molecule has 0 saturated carbocycles. The number of amidine groups is 1. The molecule has 0 amide bonds. The van der Waals surface area contributed by atoms with Crippen LogP contribution in [0.3, 0.4) is 0 Å². The zero-order valence-corrected chi connectivity index (χ0v) is 5.00. The van der Waals surface area contributed by atoms with Gasteiger partial charge in [0.25, 0.3) is 0 Å². The van der Waals surface area contributed by atoms with Crippen LogP contribution in [0.15, 0.2) is 10.1 Å². The molecule has 5 N–H and O–H groups in total. The second-order valence-electron chi connectivity index (χ2n) is 1.61. The van der Waals surface area contributed by atoms with E-state index in [1.807, 2.05) is 0 Å². The van der Waals surface area contributed by atoms with Crippen LogP contribution in [0, 0.1) is 0 Å². The molecule has 1 heterocycles. The topological polar surface area (TPSA) is 92.0 Å². The molecular formula is C3H8N6. The number of hydrazone groups is 1. The number of nitrogens with one attached hydrogen (secondary N) is 1. The summed E-state index contributed by atoms with van der Waals surface area (Å²) in [5.41, 5.74) is 7.82. The largest absolute Gasteiger partial charge is 0.366 e. The van der Waals surface area contributed by atoms with Crippen molar-refractivity contribution in [2.75, 3.05) is 0 Å². The summed E-state index contributed by atoms with van der Waals surface area (Å²) < 4.78 is 0. The van der Waals surface area contributed by atoms with Gasteiger partial charge < -0.3 is 5.73 Å². The predicted octanol–water partition coefficient (Wildman–Crippen LogP) is -1.67. The van der Waals surface area contributed by atoms with E-state index in [1.165, 1.54) is 0 Å². The Bertz CT molecular complexity index is 169. The first-order valence-electron chi connectivity index (χ1n) is 2.39. The van der Waals surface area contributed by atoms with Gasteiger partial charge in [0.05, 0.1) is 0 Å². The third-order valence-corrected chi connectivity index (χ3v) is 0.769. The molecular weight excluding hydrogens is 120 g/mol. The fraction of sp³-hybridized carbons (Fsp3) is 0.333. The van der Waals surface area contributed by atoms with Crippen LogP contribution < -0.4 is 17.0 Å². The van der Waals surface area contributed by atoms with Crippen LogP contribution in [0.1, 0.15) is 6.92 Å². The lowest BCUT2D eigenvalue weighted by molar-refractivity contribution is 0.250. The zero-order chi connectivity index (χ0) is 6.85. The maximum atomic E-state index is 5.22. The molecule has 0 aromatic heterocycles. The molecule has 6 nitrogen and oxygen atoms in total. The summed E-state index contributed by atoms with van der Waals surface area (Å²) in [6.45, 7) is 1.74. The van der Waals surface area contributed by atoms with E-state index in [9.17, 15) is 0 Å². The van der Waals surface area contributed by atoms with Gasteiger partial charge in [-0.3, -0.25) is 5.43 Å². The molecule has 0 aromatic rings. The van der Waals surface area contributed by atoms with E-state index >= 15 is 0 Å². The second-order valence-corrected chi connectivity index (χ2v) is 1.61. The van der Waals surface area contributed by atoms with Crippen LogP contribution in [-0.4, -0.2) is 17.0 Å². The molecule has 0 saturated heterocycles. The molecule has 0 unspecified atom stereocenters. The van der Waals surface area contributed by atoms with Crippen molar-refractivity contribution in [3.63, 3.8) is 0 Å². The molecule has 1 aliphatic rings. The van der Waals surface area contributed by atoms with Crippen LogP contribution in [0.5, 0.6) is 0 Å². The van der Waals surface area contributed by atoms with Crippen LogP contribution in [-0.2, 0) is 0 Å². The highest BCUT2D eigenvalue weighted by atomic mass is 15.8. The minimum Gasteiger partial charge on any atom is -0.366 e. The zero-order valence-electron chi connectivity index (χ0n) is 5.00. The van der Waals surface area contributed by atoms with E-state index in [0.717, 1.165) is 5.23 Å². The summed E-state index contributed by atoms with van der Waals surface area (Å²) in [4.78, 5) is 3.74. The molecule has 0 radical (unpaired) electrons. The number of rotatable bonds is 0. The van der Waals surface area contributed by atoms with Gasteiger partial charge in [0.1, 0.15) is 5.84 Å². The molecule has 6 heteroatoms. The third-order valence-electron chi connectivity index (χ3n) is 0.769. The van der Waals surface area contributed by atoms with E-state index in [2.05, 4.69) is 15.5 Å². The lowest BCUT2D eigenvalue weighted by Crippen LogP contribution is -2.46. The van der Waals surface area contributed by atoms with Crippen LogP contribution in [0.2, 0.25) is 0 Å². The van der Waals surface area contributed by atoms with Gasteiger partial charge in [-0.2, -0.15) is 4.99 Å². The minimum absolute atomic E-state index is 0.161. The lowest BCUT2D eigenvalue weighted by Gasteiger charge is -2.17. The number of hydrogen-bond acceptors (Lipinski definition) is 6. The molecule has 1 rings (SSSR count). The summed E-state index contributed by atoms with van der Waals surface area (Å²) in [5.74, 6) is 5.98. The minimum atomic E-state index is 0.161. The van der Waals surface area contributed by atoms with Gasteiger partial charge >= 0.3 is 0 Å². The Balaban J connectivity index is 2.74. The number of hydrogen-bond donors (Lipinski definition) is 3. The molecule has 0 aliphatic carbocycles. The average molecular weight is 128 g/mol. The first kappa shape index (κ1) is 5.83. The first-order chi connectivity index (χ1) is 4.18. The Labute approximate surface area is 52.2 Å². The Kier molecular flexibility index (Phi) is 1.23. The molecule has 0 aromatic carbocycles. The van der Waals surface area contributed by atoms with Crippen molar-refractivity contribution in [3.8, 4) is 0 Å². The monoisotopic (exact) mass is 128 g/mol. The standard InChI is InChI=1S/C3H8N6/c1-2-6-3(4)8-9(5)7-2/h5H2,1H3,(H3,4,6,7,8). The van der Waals surface area contributed by atoms with Crippen LogP contribution in [0.25, 0.3) is 0 Å². The van der Waals surface area contributed by atoms with Crippen molar-refractivity contribution in [1.29, 1.82) is 0 Å². The van der Waals surface area contributed by atoms with Crippen molar-refractivity contribution in [1.82, 2.24) is 10.7 Å². The molecule has 1 aliphatic heterocycles. The van der Waals surface area contributed by atoms with Gasteiger partial charge in [-0.05, 0) is 6.92 Å². The fourth-order valence-electron chi connectivity index (χ4n) is 0.520. The van der Waals surface area contributed by atoms with Gasteiger partial charge in [0, 0.05) is 0 Å². The Morgan fingerprint density at radius 3 is 2.78 bits per heavy atom. The molecule has 9 heavy (non-hydrogen) atoms. The van der Waals surface area contributed by atoms with E-state index < -0.39 is 0 Å². The first-order valence-corrected chi connectivity index (χ1v) is 2.39. The summed E-state index contributed by atoms with van der Waals surface area (Å²) in [5, 5.41) is 4.55. The number of guanidine groups is 1. The smallest absolute Gasteiger partial charge is 0.242 e. The third kappa shape index (κ3) is 1.29. The van der Waals surface area contributed by atoms with Crippen molar-refractivity contribution in [2.45, 2.75) is 6.92 Å². The van der Waals surface area contributed by atoms with Crippen LogP contribution in [0.4, 0.5) is 0 Å². The summed E-state index contributed by atoms with van der Waals surface area (Å²) >= 11 is 0. The molecule has 0 atom stereocenters. The SMILES string of the molecule is CC1=NC(N)=NN(N)N1. The normalized spacial score (nSPS) is 18.2. The van der Waals surface area contributed by atoms with Crippen molar-refractivity contribution < 1.29 is 0 Å². The Morgan fingerprint density at radius 2 is 2.33 bits per heavy atom. The highest BCUT2D eigenvalue weighted by Gasteiger charge is 2.02. The number of nitrogens with zero attached hydrogens (tertiary/aromatic N) is 3. The quantitative estimate of drug-likeness (QED) is 0.340. The van der Waals surface area contributed by atoms with E-state index in [-0.39, 0.29) is 5.96 Å². The second kappa shape index (κ2) is 1.90. The lowest BCUT2D eigenvalue weighted by atomic mass is 10.7. The summed E-state index contributed by atoms with van der Waals surface area (Å²) in [6, 6.07) is 0. The van der Waals surface area contributed by atoms with E-state index in [4.69, 9.17) is 11.6 Å². The molecule has 0 fully saturated rings.